The molecule has 0 spiro atoms. The van der Waals surface area contributed by atoms with Gasteiger partial charge in [0.2, 0.25) is 0 Å². The third-order valence-electron chi connectivity index (χ3n) is 2.83. The van der Waals surface area contributed by atoms with Gasteiger partial charge in [-0.1, -0.05) is 26.2 Å². The van der Waals surface area contributed by atoms with Gasteiger partial charge < -0.3 is 24.1 Å². The Morgan fingerprint density at radius 2 is 1.52 bits per heavy atom. The van der Waals surface area contributed by atoms with Gasteiger partial charge in [-0.25, -0.2) is 0 Å². The Morgan fingerprint density at radius 1 is 0.857 bits per heavy atom. The lowest BCUT2D eigenvalue weighted by Crippen LogP contribution is -2.12. The van der Waals surface area contributed by atoms with Crippen molar-refractivity contribution in [1.29, 1.82) is 0 Å². The molecule has 0 saturated heterocycles. The fraction of sp³-hybridized carbons (Fsp3) is 0.875. The minimum absolute atomic E-state index is 0.0493. The van der Waals surface area contributed by atoms with E-state index in [2.05, 4.69) is 6.92 Å². The monoisotopic (exact) mass is 304 g/mol. The highest BCUT2D eigenvalue weighted by Crippen LogP contribution is 2.03. The molecule has 0 aliphatic heterocycles. The van der Waals surface area contributed by atoms with Crippen molar-refractivity contribution in [1.82, 2.24) is 0 Å². The highest BCUT2D eigenvalue weighted by Gasteiger charge is 1.98. The second-order valence-electron chi connectivity index (χ2n) is 4.67. The lowest BCUT2D eigenvalue weighted by atomic mass is 10.2. The van der Waals surface area contributed by atoms with Crippen molar-refractivity contribution in [3.8, 4) is 0 Å². The summed E-state index contributed by atoms with van der Waals surface area (Å²) in [6.07, 6.45) is 6.78. The molecule has 0 bridgehead atoms. The maximum absolute atomic E-state index is 8.52. The second-order valence-corrected chi connectivity index (χ2v) is 4.67. The minimum Gasteiger partial charge on any atom is -0.496 e. The van der Waals surface area contributed by atoms with Gasteiger partial charge in [-0.05, 0) is 19.4 Å². The quantitative estimate of drug-likeness (QED) is 0.351. The molecule has 21 heavy (non-hydrogen) atoms. The lowest BCUT2D eigenvalue weighted by molar-refractivity contribution is 0.00537. The van der Waals surface area contributed by atoms with E-state index in [-0.39, 0.29) is 6.61 Å². The van der Waals surface area contributed by atoms with Crippen LogP contribution in [0.2, 0.25) is 0 Å². The molecule has 0 amide bonds. The van der Waals surface area contributed by atoms with Crippen LogP contribution in [0.15, 0.2) is 11.8 Å². The zero-order valence-electron chi connectivity index (χ0n) is 13.6. The number of hydrogen-bond donors (Lipinski definition) is 1. The topological polar surface area (TPSA) is 57.2 Å². The predicted molar refractivity (Wildman–Crippen MR) is 83.4 cm³/mol. The van der Waals surface area contributed by atoms with Crippen molar-refractivity contribution >= 4 is 0 Å². The van der Waals surface area contributed by atoms with E-state index in [4.69, 9.17) is 24.1 Å². The number of hydrogen-bond acceptors (Lipinski definition) is 5. The number of aliphatic hydroxyl groups is 1. The molecular weight excluding hydrogens is 272 g/mol. The van der Waals surface area contributed by atoms with E-state index in [9.17, 15) is 0 Å². The van der Waals surface area contributed by atoms with Crippen molar-refractivity contribution in [3.63, 3.8) is 0 Å². The Balaban J connectivity index is 3.31. The molecule has 0 fully saturated rings. The number of rotatable bonds is 16. The molecule has 0 aromatic heterocycles. The van der Waals surface area contributed by atoms with E-state index >= 15 is 0 Å². The van der Waals surface area contributed by atoms with E-state index in [1.54, 1.807) is 0 Å². The third kappa shape index (κ3) is 15.6. The van der Waals surface area contributed by atoms with E-state index in [1.165, 1.54) is 19.3 Å². The smallest absolute Gasteiger partial charge is 0.117 e. The summed E-state index contributed by atoms with van der Waals surface area (Å²) in [4.78, 5) is 0. The van der Waals surface area contributed by atoms with Gasteiger partial charge in [0.05, 0.1) is 46.2 Å². The summed E-state index contributed by atoms with van der Waals surface area (Å²) in [6.45, 7) is 7.93. The molecule has 0 radical (unpaired) electrons. The van der Waals surface area contributed by atoms with Gasteiger partial charge in [-0.3, -0.25) is 0 Å². The summed E-state index contributed by atoms with van der Waals surface area (Å²) in [5, 5.41) is 8.52. The molecule has 0 unspecified atom stereocenters. The first-order valence-electron chi connectivity index (χ1n) is 7.97. The zero-order chi connectivity index (χ0) is 15.6. The lowest BCUT2D eigenvalue weighted by Gasteiger charge is -2.11. The van der Waals surface area contributed by atoms with E-state index in [1.807, 2.05) is 13.0 Å². The van der Waals surface area contributed by atoms with Gasteiger partial charge >= 0.3 is 0 Å². The summed E-state index contributed by atoms with van der Waals surface area (Å²) in [5.74, 6) is 0.887. The van der Waals surface area contributed by atoms with Crippen LogP contribution in [-0.4, -0.2) is 58.0 Å². The Hall–Kier alpha value is -0.620. The molecule has 126 valence electrons. The van der Waals surface area contributed by atoms with Crippen LogP contribution in [0.5, 0.6) is 0 Å². The predicted octanol–water partition coefficient (Wildman–Crippen LogP) is 2.53. The standard InChI is InChI=1S/C16H32O5/c1-3-5-6-7-9-21-16(4-2)15-20-14-13-19-12-11-18-10-8-17/h4,17H,3,5-15H2,1-2H3. The summed E-state index contributed by atoms with van der Waals surface area (Å²) >= 11 is 0. The van der Waals surface area contributed by atoms with Crippen LogP contribution in [0.3, 0.4) is 0 Å². The second kappa shape index (κ2) is 17.4. The number of allylic oxidation sites excluding steroid dienone is 1. The first-order chi connectivity index (χ1) is 10.3. The normalized spacial score (nSPS) is 11.9. The molecule has 0 heterocycles. The van der Waals surface area contributed by atoms with Crippen molar-refractivity contribution in [2.75, 3.05) is 52.9 Å². The van der Waals surface area contributed by atoms with Crippen molar-refractivity contribution < 1.29 is 24.1 Å². The van der Waals surface area contributed by atoms with Crippen LogP contribution in [0, 0.1) is 0 Å². The van der Waals surface area contributed by atoms with E-state index in [0.29, 0.717) is 39.6 Å². The van der Waals surface area contributed by atoms with Crippen LogP contribution in [-0.2, 0) is 18.9 Å². The van der Waals surface area contributed by atoms with Gasteiger partial charge in [0.25, 0.3) is 0 Å². The van der Waals surface area contributed by atoms with Crippen molar-refractivity contribution in [2.45, 2.75) is 39.5 Å². The average molecular weight is 304 g/mol. The molecule has 0 aliphatic rings. The SMILES string of the molecule is CC=C(COCCOCCOCCO)OCCCCCC. The maximum Gasteiger partial charge on any atom is 0.117 e. The fourth-order valence-electron chi connectivity index (χ4n) is 1.62. The first-order valence-corrected chi connectivity index (χ1v) is 7.97. The number of aliphatic hydroxyl groups excluding tert-OH is 1. The molecule has 1 N–H and O–H groups in total. The average Bonchev–Trinajstić information content (AvgIpc) is 2.51. The van der Waals surface area contributed by atoms with Crippen molar-refractivity contribution in [3.05, 3.63) is 11.8 Å². The summed E-state index contributed by atoms with van der Waals surface area (Å²) in [6, 6.07) is 0. The van der Waals surface area contributed by atoms with Gasteiger partial charge in [0.15, 0.2) is 0 Å². The van der Waals surface area contributed by atoms with E-state index < -0.39 is 0 Å². The molecule has 0 atom stereocenters. The summed E-state index contributed by atoms with van der Waals surface area (Å²) < 4.78 is 21.6. The maximum atomic E-state index is 8.52. The molecular formula is C16H32O5. The van der Waals surface area contributed by atoms with Gasteiger partial charge in [0, 0.05) is 0 Å². The van der Waals surface area contributed by atoms with Crippen LogP contribution < -0.4 is 0 Å². The van der Waals surface area contributed by atoms with Gasteiger partial charge in [0.1, 0.15) is 12.4 Å². The van der Waals surface area contributed by atoms with Gasteiger partial charge in [-0.2, -0.15) is 0 Å². The molecule has 0 aliphatic carbocycles. The third-order valence-corrected chi connectivity index (χ3v) is 2.83. The molecule has 0 rings (SSSR count). The summed E-state index contributed by atoms with van der Waals surface area (Å²) in [7, 11) is 0. The highest BCUT2D eigenvalue weighted by atomic mass is 16.6. The zero-order valence-corrected chi connectivity index (χ0v) is 13.6. The molecule has 0 aromatic carbocycles. The van der Waals surface area contributed by atoms with Crippen molar-refractivity contribution in [2.24, 2.45) is 0 Å². The van der Waals surface area contributed by atoms with Gasteiger partial charge in [-0.15, -0.1) is 0 Å². The Labute approximate surface area is 129 Å². The number of unbranched alkanes of at least 4 members (excludes halogenated alkanes) is 3. The Morgan fingerprint density at radius 3 is 2.14 bits per heavy atom. The minimum atomic E-state index is 0.0493. The molecule has 0 aromatic rings. The Bertz CT molecular complexity index is 231. The summed E-state index contributed by atoms with van der Waals surface area (Å²) in [5.41, 5.74) is 0. The molecule has 5 heteroatoms. The Kier molecular flexibility index (Phi) is 16.9. The van der Waals surface area contributed by atoms with Crippen LogP contribution in [0.1, 0.15) is 39.5 Å². The highest BCUT2D eigenvalue weighted by molar-refractivity contribution is 4.90. The largest absolute Gasteiger partial charge is 0.496 e. The van der Waals surface area contributed by atoms with Crippen LogP contribution >= 0.6 is 0 Å². The van der Waals surface area contributed by atoms with Crippen LogP contribution in [0.4, 0.5) is 0 Å². The van der Waals surface area contributed by atoms with Crippen LogP contribution in [0.25, 0.3) is 0 Å². The van der Waals surface area contributed by atoms with E-state index in [0.717, 1.165) is 18.8 Å². The fourth-order valence-corrected chi connectivity index (χ4v) is 1.62. The number of ether oxygens (including phenoxy) is 4. The molecule has 5 nitrogen and oxygen atoms in total. The first kappa shape index (κ1) is 20.4. The molecule has 0 saturated carbocycles.